The topological polar surface area (TPSA) is 134 Å². The van der Waals surface area contributed by atoms with Gasteiger partial charge in [0.25, 0.3) is 0 Å². The predicted octanol–water partition coefficient (Wildman–Crippen LogP) is 5.60. The summed E-state index contributed by atoms with van der Waals surface area (Å²) in [6, 6.07) is 0. The van der Waals surface area contributed by atoms with Crippen molar-refractivity contribution in [3.63, 3.8) is 0 Å². The second kappa shape index (κ2) is 16.8. The Bertz CT molecular complexity index is 961. The summed E-state index contributed by atoms with van der Waals surface area (Å²) in [5.41, 5.74) is 13.4. The summed E-state index contributed by atoms with van der Waals surface area (Å²) in [5.74, 6) is 4.14. The van der Waals surface area contributed by atoms with E-state index in [9.17, 15) is 15.0 Å². The molecule has 8 heteroatoms. The quantitative estimate of drug-likeness (QED) is 0.104. The third kappa shape index (κ3) is 9.04. The summed E-state index contributed by atoms with van der Waals surface area (Å²) in [6.45, 7) is 12.1. The summed E-state index contributed by atoms with van der Waals surface area (Å²) >= 11 is 0. The molecule has 1 amide bonds. The Morgan fingerprint density at radius 2 is 1.80 bits per heavy atom. The zero-order chi connectivity index (χ0) is 32.6. The smallest absolute Gasteiger partial charge is 0.410 e. The minimum absolute atomic E-state index is 0.110. The van der Waals surface area contributed by atoms with E-state index in [1.807, 2.05) is 0 Å². The van der Waals surface area contributed by atoms with E-state index in [4.69, 9.17) is 16.2 Å². The van der Waals surface area contributed by atoms with Crippen LogP contribution in [0.25, 0.3) is 0 Å². The SMILES string of the molecule is CC(C)CCCCC1CCC2C3CC=C4CC(OC(=O)N(CCCCNCC(O)CN)CC(O)CN)CCC4(C)C3CCC12C. The third-order valence-corrected chi connectivity index (χ3v) is 12.8. The van der Waals surface area contributed by atoms with Crippen LogP contribution in [0, 0.1) is 40.4 Å². The van der Waals surface area contributed by atoms with E-state index >= 15 is 0 Å². The normalized spacial score (nSPS) is 34.0. The van der Waals surface area contributed by atoms with Crippen LogP contribution in [-0.2, 0) is 4.74 Å². The molecule has 0 aliphatic heterocycles. The van der Waals surface area contributed by atoms with Crippen molar-refractivity contribution in [2.24, 2.45) is 51.9 Å². The van der Waals surface area contributed by atoms with Crippen molar-refractivity contribution in [3.8, 4) is 0 Å². The van der Waals surface area contributed by atoms with Crippen LogP contribution in [0.1, 0.15) is 118 Å². The number of allylic oxidation sites excluding steroid dienone is 1. The lowest BCUT2D eigenvalue weighted by Gasteiger charge is -2.58. The van der Waals surface area contributed by atoms with Crippen LogP contribution >= 0.6 is 0 Å². The number of aliphatic hydroxyl groups is 2. The van der Waals surface area contributed by atoms with Crippen molar-refractivity contribution in [1.29, 1.82) is 0 Å². The second-order valence-corrected chi connectivity index (χ2v) is 16.1. The molecule has 7 N–H and O–H groups in total. The van der Waals surface area contributed by atoms with Crippen LogP contribution in [0.4, 0.5) is 4.79 Å². The van der Waals surface area contributed by atoms with Crippen molar-refractivity contribution in [2.45, 2.75) is 136 Å². The van der Waals surface area contributed by atoms with E-state index in [1.165, 1.54) is 63.4 Å². The van der Waals surface area contributed by atoms with Crippen LogP contribution in [0.2, 0.25) is 0 Å². The fourth-order valence-electron chi connectivity index (χ4n) is 9.96. The molecule has 0 spiro atoms. The number of fused-ring (bicyclic) bond motifs is 5. The van der Waals surface area contributed by atoms with Gasteiger partial charge in [-0.05, 0) is 111 Å². The number of unbranched alkanes of at least 4 members (excludes halogenated alkanes) is 2. The van der Waals surface area contributed by atoms with Gasteiger partial charge in [0, 0.05) is 32.6 Å². The first kappa shape index (κ1) is 36.6. The molecule has 0 aromatic rings. The molecular formula is C37H68N4O4. The minimum atomic E-state index is -0.768. The highest BCUT2D eigenvalue weighted by Gasteiger charge is 2.58. The van der Waals surface area contributed by atoms with Crippen molar-refractivity contribution >= 4 is 6.09 Å². The zero-order valence-electron chi connectivity index (χ0n) is 29.2. The fraction of sp³-hybridized carbons (Fsp3) is 0.919. The van der Waals surface area contributed by atoms with Crippen LogP contribution in [-0.4, -0.2) is 78.8 Å². The number of hydrogen-bond acceptors (Lipinski definition) is 7. The molecular weight excluding hydrogens is 564 g/mol. The number of rotatable bonds is 17. The summed E-state index contributed by atoms with van der Waals surface area (Å²) in [5, 5.41) is 23.0. The number of hydrogen-bond donors (Lipinski definition) is 5. The molecule has 0 saturated heterocycles. The van der Waals surface area contributed by atoms with E-state index in [-0.39, 0.29) is 37.2 Å². The third-order valence-electron chi connectivity index (χ3n) is 12.8. The number of carbonyl (C=O) groups excluding carboxylic acids is 1. The Kier molecular flexibility index (Phi) is 13.7. The van der Waals surface area contributed by atoms with Gasteiger partial charge in [-0.25, -0.2) is 4.79 Å². The van der Waals surface area contributed by atoms with E-state index in [2.05, 4.69) is 39.1 Å². The van der Waals surface area contributed by atoms with Gasteiger partial charge in [-0.1, -0.05) is 58.6 Å². The minimum Gasteiger partial charge on any atom is -0.446 e. The van der Waals surface area contributed by atoms with Gasteiger partial charge in [-0.15, -0.1) is 0 Å². The molecule has 9 unspecified atom stereocenters. The van der Waals surface area contributed by atoms with Crippen LogP contribution < -0.4 is 16.8 Å². The predicted molar refractivity (Wildman–Crippen MR) is 183 cm³/mol. The number of aliphatic hydroxyl groups excluding tert-OH is 2. The molecule has 0 radical (unpaired) electrons. The van der Waals surface area contributed by atoms with Gasteiger partial charge in [0.2, 0.25) is 0 Å². The monoisotopic (exact) mass is 633 g/mol. The molecule has 4 aliphatic rings. The maximum atomic E-state index is 13.4. The Morgan fingerprint density at radius 1 is 1.02 bits per heavy atom. The van der Waals surface area contributed by atoms with Crippen LogP contribution in [0.5, 0.6) is 0 Å². The highest BCUT2D eigenvalue weighted by Crippen LogP contribution is 2.66. The summed E-state index contributed by atoms with van der Waals surface area (Å²) in [4.78, 5) is 15.0. The highest BCUT2D eigenvalue weighted by molar-refractivity contribution is 5.68. The Morgan fingerprint density at radius 3 is 2.53 bits per heavy atom. The first-order valence-corrected chi connectivity index (χ1v) is 18.6. The molecule has 0 aromatic heterocycles. The number of nitrogens with two attached hydrogens (primary N) is 2. The molecule has 45 heavy (non-hydrogen) atoms. The number of carbonyl (C=O) groups is 1. The number of nitrogens with zero attached hydrogens (tertiary/aromatic N) is 1. The summed E-state index contributed by atoms with van der Waals surface area (Å²) in [6.07, 6.45) is 17.6. The first-order valence-electron chi connectivity index (χ1n) is 18.6. The largest absolute Gasteiger partial charge is 0.446 e. The maximum Gasteiger partial charge on any atom is 0.410 e. The molecule has 4 aliphatic carbocycles. The second-order valence-electron chi connectivity index (χ2n) is 16.1. The average molecular weight is 633 g/mol. The Balaban J connectivity index is 1.31. The van der Waals surface area contributed by atoms with Gasteiger partial charge in [0.15, 0.2) is 0 Å². The first-order chi connectivity index (χ1) is 21.5. The fourth-order valence-corrected chi connectivity index (χ4v) is 9.96. The van der Waals surface area contributed by atoms with E-state index in [1.54, 1.807) is 4.90 Å². The summed E-state index contributed by atoms with van der Waals surface area (Å²) in [7, 11) is 0. The molecule has 3 saturated carbocycles. The number of amides is 1. The molecule has 0 aromatic carbocycles. The standard InChI is InChI=1S/C37H68N4O4/c1-26(2)9-5-6-10-27-12-14-33-32-13-11-28-21-31(15-17-37(28,4)34(32)16-18-36(27,33)3)45-35(44)41(25-30(43)23-39)20-8-7-19-40-24-29(42)22-38/h11,26-27,29-34,40,42-43H,5-10,12-25,38-39H2,1-4H3. The maximum absolute atomic E-state index is 13.4. The van der Waals surface area contributed by atoms with Crippen molar-refractivity contribution in [1.82, 2.24) is 10.2 Å². The zero-order valence-corrected chi connectivity index (χ0v) is 29.2. The van der Waals surface area contributed by atoms with E-state index < -0.39 is 12.2 Å². The number of nitrogens with one attached hydrogen (secondary N) is 1. The number of ether oxygens (including phenoxy) is 1. The van der Waals surface area contributed by atoms with Gasteiger partial charge in [0.1, 0.15) is 6.10 Å². The highest BCUT2D eigenvalue weighted by atomic mass is 16.6. The Labute approximate surface area is 274 Å². The molecule has 8 nitrogen and oxygen atoms in total. The Hall–Kier alpha value is -1.19. The molecule has 0 bridgehead atoms. The lowest BCUT2D eigenvalue weighted by atomic mass is 9.47. The van der Waals surface area contributed by atoms with Gasteiger partial charge in [0.05, 0.1) is 18.8 Å². The van der Waals surface area contributed by atoms with E-state index in [0.717, 1.165) is 68.2 Å². The van der Waals surface area contributed by atoms with Crippen molar-refractivity contribution < 1.29 is 19.7 Å². The molecule has 260 valence electrons. The van der Waals surface area contributed by atoms with Crippen LogP contribution in [0.3, 0.4) is 0 Å². The lowest BCUT2D eigenvalue weighted by Crippen LogP contribution is -2.51. The van der Waals surface area contributed by atoms with Gasteiger partial charge in [-0.3, -0.25) is 0 Å². The summed E-state index contributed by atoms with van der Waals surface area (Å²) < 4.78 is 6.15. The van der Waals surface area contributed by atoms with Gasteiger partial charge < -0.3 is 36.6 Å². The lowest BCUT2D eigenvalue weighted by molar-refractivity contribution is -0.0537. The molecule has 0 heterocycles. The van der Waals surface area contributed by atoms with E-state index in [0.29, 0.717) is 18.5 Å². The molecule has 9 atom stereocenters. The molecule has 3 fully saturated rings. The van der Waals surface area contributed by atoms with Crippen LogP contribution in [0.15, 0.2) is 11.6 Å². The van der Waals surface area contributed by atoms with Gasteiger partial charge >= 0.3 is 6.09 Å². The van der Waals surface area contributed by atoms with Gasteiger partial charge in [-0.2, -0.15) is 0 Å². The van der Waals surface area contributed by atoms with Crippen molar-refractivity contribution in [2.75, 3.05) is 39.3 Å². The molecule has 4 rings (SSSR count). The van der Waals surface area contributed by atoms with Crippen molar-refractivity contribution in [3.05, 3.63) is 11.6 Å². The average Bonchev–Trinajstić information content (AvgIpc) is 3.36.